The second-order valence-electron chi connectivity index (χ2n) is 12.2. The number of likely N-dealkylation sites (N-methyl/N-ethyl adjacent to an activating group) is 1. The monoisotopic (exact) mass is 709 g/mol. The summed E-state index contributed by atoms with van der Waals surface area (Å²) in [5.74, 6) is -1.28. The van der Waals surface area contributed by atoms with E-state index in [1.165, 1.54) is 47.0 Å². The van der Waals surface area contributed by atoms with Crippen molar-refractivity contribution in [2.24, 2.45) is 13.0 Å². The van der Waals surface area contributed by atoms with E-state index in [1.54, 1.807) is 18.5 Å². The van der Waals surface area contributed by atoms with E-state index in [1.807, 2.05) is 13.8 Å². The molecule has 4 rings (SSSR count). The summed E-state index contributed by atoms with van der Waals surface area (Å²) in [7, 11) is -4.92. The van der Waals surface area contributed by atoms with Crippen molar-refractivity contribution < 1.29 is 40.6 Å². The zero-order chi connectivity index (χ0) is 35.2. The molecule has 48 heavy (non-hydrogen) atoms. The quantitative estimate of drug-likeness (QED) is 0.339. The summed E-state index contributed by atoms with van der Waals surface area (Å²) in [6, 6.07) is 8.05. The molecule has 3 aromatic rings. The smallest absolute Gasteiger partial charge is 0.261 e. The summed E-state index contributed by atoms with van der Waals surface area (Å²) in [6.07, 6.45) is 3.93. The van der Waals surface area contributed by atoms with Crippen LogP contribution in [0.25, 0.3) is 0 Å². The van der Waals surface area contributed by atoms with Crippen LogP contribution in [-0.4, -0.2) is 98.2 Å². The predicted octanol–water partition coefficient (Wildman–Crippen LogP) is 3.48. The molecule has 1 aromatic heterocycles. The molecule has 13 nitrogen and oxygen atoms in total. The van der Waals surface area contributed by atoms with Crippen LogP contribution in [0, 0.1) is 11.7 Å². The van der Waals surface area contributed by atoms with E-state index in [4.69, 9.17) is 9.47 Å². The molecule has 16 heteroatoms. The number of hydrogen-bond acceptors (Lipinski definition) is 9. The lowest BCUT2D eigenvalue weighted by atomic mass is 10.0. The number of nitrogens with one attached hydrogen (secondary N) is 1. The first kappa shape index (κ1) is 37.3. The van der Waals surface area contributed by atoms with Crippen LogP contribution in [0.4, 0.5) is 10.1 Å². The summed E-state index contributed by atoms with van der Waals surface area (Å²) in [5.41, 5.74) is 0.147. The van der Waals surface area contributed by atoms with Gasteiger partial charge in [0.1, 0.15) is 11.6 Å². The van der Waals surface area contributed by atoms with Crippen LogP contribution in [0.1, 0.15) is 50.4 Å². The number of amides is 1. The highest BCUT2D eigenvalue weighted by Gasteiger charge is 2.33. The standard InChI is InChI=1S/C32H44FN5O8S2/c1-22-17-38(23(2)20-39)32(40)28-16-26(35-47(41,42)27-12-9-25(33)10-13-27)11-14-29(28)46-24(3)8-6-7-15-45-30(22)18-37(5)48(43,44)31-19-36(4)21-34-31/h9-14,16,19,21-24,30,35,39H,6-8,15,17-18,20H2,1-5H3/t22-,23+,24+,30-/m1/s1. The number of carbonyl (C=O) groups excluding carboxylic acids is 1. The van der Waals surface area contributed by atoms with E-state index >= 15 is 0 Å². The second kappa shape index (κ2) is 15.8. The number of ether oxygens (including phenoxy) is 2. The van der Waals surface area contributed by atoms with Crippen molar-refractivity contribution in [2.45, 2.75) is 68.2 Å². The zero-order valence-corrected chi connectivity index (χ0v) is 29.4. The fourth-order valence-corrected chi connectivity index (χ4v) is 7.50. The fourth-order valence-electron chi connectivity index (χ4n) is 5.31. The van der Waals surface area contributed by atoms with Gasteiger partial charge in [0.25, 0.3) is 26.0 Å². The molecular weight excluding hydrogens is 666 g/mol. The lowest BCUT2D eigenvalue weighted by molar-refractivity contribution is -0.00835. The SMILES string of the molecule is C[C@@H]1CN([C@@H](C)CO)C(=O)c2cc(NS(=O)(=O)c3ccc(F)cc3)ccc2O[C@@H](C)CCCCO[C@@H]1CN(C)S(=O)(=O)c1cn(C)cn1. The van der Waals surface area contributed by atoms with Crippen LogP contribution in [0.2, 0.25) is 0 Å². The van der Waals surface area contributed by atoms with E-state index in [2.05, 4.69) is 9.71 Å². The molecule has 2 N–H and O–H groups in total. The second-order valence-corrected chi connectivity index (χ2v) is 15.9. The Kier molecular flexibility index (Phi) is 12.2. The third-order valence-corrected chi connectivity index (χ3v) is 11.3. The van der Waals surface area contributed by atoms with Gasteiger partial charge in [-0.15, -0.1) is 0 Å². The van der Waals surface area contributed by atoms with Gasteiger partial charge < -0.3 is 24.0 Å². The van der Waals surface area contributed by atoms with Crippen LogP contribution < -0.4 is 9.46 Å². The van der Waals surface area contributed by atoms with E-state index in [0.29, 0.717) is 19.4 Å². The van der Waals surface area contributed by atoms with Gasteiger partial charge in [-0.2, -0.15) is 4.31 Å². The molecule has 0 fully saturated rings. The molecule has 0 spiro atoms. The van der Waals surface area contributed by atoms with Crippen molar-refractivity contribution in [3.63, 3.8) is 0 Å². The number of sulfonamides is 2. The number of aromatic nitrogens is 2. The molecule has 0 radical (unpaired) electrons. The van der Waals surface area contributed by atoms with Crippen molar-refractivity contribution in [2.75, 3.05) is 38.1 Å². The largest absolute Gasteiger partial charge is 0.490 e. The molecule has 2 heterocycles. The molecule has 2 aromatic carbocycles. The summed E-state index contributed by atoms with van der Waals surface area (Å²) in [5, 5.41) is 10.1. The number of aliphatic hydroxyl groups excluding tert-OH is 1. The number of anilines is 1. The number of rotatable bonds is 9. The van der Waals surface area contributed by atoms with Crippen molar-refractivity contribution in [1.29, 1.82) is 0 Å². The lowest BCUT2D eigenvalue weighted by Gasteiger charge is -2.35. The maximum Gasteiger partial charge on any atom is 0.261 e. The van der Waals surface area contributed by atoms with Gasteiger partial charge >= 0.3 is 0 Å². The minimum absolute atomic E-state index is 0.0129. The van der Waals surface area contributed by atoms with Gasteiger partial charge in [0.2, 0.25) is 0 Å². The minimum atomic E-state index is -4.13. The Balaban J connectivity index is 1.68. The van der Waals surface area contributed by atoms with E-state index in [0.717, 1.165) is 30.7 Å². The number of benzene rings is 2. The van der Waals surface area contributed by atoms with Crippen molar-refractivity contribution in [1.82, 2.24) is 18.8 Å². The number of fused-ring (bicyclic) bond motifs is 1. The van der Waals surface area contributed by atoms with Crippen LogP contribution in [-0.2, 0) is 31.8 Å². The molecule has 1 amide bonds. The van der Waals surface area contributed by atoms with Gasteiger partial charge in [-0.1, -0.05) is 6.92 Å². The lowest BCUT2D eigenvalue weighted by Crippen LogP contribution is -2.48. The third kappa shape index (κ3) is 9.11. The fraction of sp³-hybridized carbons (Fsp3) is 0.500. The average Bonchev–Trinajstić information content (AvgIpc) is 3.49. The Hall–Kier alpha value is -3.57. The maximum absolute atomic E-state index is 14.3. The van der Waals surface area contributed by atoms with Crippen molar-refractivity contribution >= 4 is 31.6 Å². The van der Waals surface area contributed by atoms with Crippen LogP contribution in [0.5, 0.6) is 5.75 Å². The van der Waals surface area contributed by atoms with Crippen LogP contribution in [0.3, 0.4) is 0 Å². The molecule has 0 saturated heterocycles. The predicted molar refractivity (Wildman–Crippen MR) is 177 cm³/mol. The Morgan fingerprint density at radius 1 is 1.12 bits per heavy atom. The Morgan fingerprint density at radius 3 is 2.48 bits per heavy atom. The highest BCUT2D eigenvalue weighted by atomic mass is 32.2. The first-order chi connectivity index (χ1) is 22.6. The Bertz CT molecular complexity index is 1770. The van der Waals surface area contributed by atoms with Gasteiger partial charge in [0, 0.05) is 51.6 Å². The number of halogens is 1. The Labute approximate surface area is 281 Å². The zero-order valence-electron chi connectivity index (χ0n) is 27.7. The van der Waals surface area contributed by atoms with Crippen LogP contribution in [0.15, 0.2) is 64.9 Å². The van der Waals surface area contributed by atoms with E-state index < -0.39 is 49.8 Å². The van der Waals surface area contributed by atoms with E-state index in [9.17, 15) is 31.1 Å². The summed E-state index contributed by atoms with van der Waals surface area (Å²) >= 11 is 0. The van der Waals surface area contributed by atoms with E-state index in [-0.39, 0.29) is 52.7 Å². The van der Waals surface area contributed by atoms with Gasteiger partial charge in [-0.25, -0.2) is 26.2 Å². The maximum atomic E-state index is 14.3. The highest BCUT2D eigenvalue weighted by molar-refractivity contribution is 7.92. The number of imidazole rings is 1. The molecule has 0 aliphatic carbocycles. The third-order valence-electron chi connectivity index (χ3n) is 8.22. The van der Waals surface area contributed by atoms with Gasteiger partial charge in [-0.3, -0.25) is 9.52 Å². The molecule has 0 bridgehead atoms. The number of hydrogen-bond donors (Lipinski definition) is 2. The molecule has 1 aliphatic heterocycles. The molecule has 1 aliphatic rings. The summed E-state index contributed by atoms with van der Waals surface area (Å²) in [4.78, 5) is 19.6. The van der Waals surface area contributed by atoms with Gasteiger partial charge in [-0.05, 0) is 75.6 Å². The topological polar surface area (TPSA) is 160 Å². The van der Waals surface area contributed by atoms with Crippen molar-refractivity contribution in [3.05, 3.63) is 66.4 Å². The number of nitrogens with zero attached hydrogens (tertiary/aromatic N) is 4. The summed E-state index contributed by atoms with van der Waals surface area (Å²) < 4.78 is 83.8. The first-order valence-corrected chi connectivity index (χ1v) is 18.6. The average molecular weight is 710 g/mol. The normalized spacial score (nSPS) is 20.9. The molecular formula is C32H44FN5O8S2. The Morgan fingerprint density at radius 2 is 1.83 bits per heavy atom. The highest BCUT2D eigenvalue weighted by Crippen LogP contribution is 2.30. The number of carbonyl (C=O) groups is 1. The molecule has 4 atom stereocenters. The molecule has 0 saturated carbocycles. The summed E-state index contributed by atoms with van der Waals surface area (Å²) in [6.45, 7) is 5.42. The van der Waals surface area contributed by atoms with Crippen LogP contribution >= 0.6 is 0 Å². The van der Waals surface area contributed by atoms with Gasteiger partial charge in [0.05, 0.1) is 41.6 Å². The van der Waals surface area contributed by atoms with Gasteiger partial charge in [0.15, 0.2) is 5.03 Å². The minimum Gasteiger partial charge on any atom is -0.490 e. The molecule has 264 valence electrons. The molecule has 0 unspecified atom stereocenters. The van der Waals surface area contributed by atoms with Crippen molar-refractivity contribution in [3.8, 4) is 5.75 Å². The number of aliphatic hydroxyl groups is 1. The first-order valence-electron chi connectivity index (χ1n) is 15.7. The number of aryl methyl sites for hydroxylation is 1.